The van der Waals surface area contributed by atoms with Gasteiger partial charge < -0.3 is 5.11 Å². The molecular weight excluding hydrogens is 298 g/mol. The van der Waals surface area contributed by atoms with Crippen molar-refractivity contribution in [2.24, 2.45) is 0 Å². The zero-order valence-corrected chi connectivity index (χ0v) is 14.4. The maximum atomic E-state index is 11.4. The van der Waals surface area contributed by atoms with Crippen LogP contribution in [0.15, 0.2) is 60.7 Å². The van der Waals surface area contributed by atoms with Crippen molar-refractivity contribution >= 4 is 5.97 Å². The molecule has 24 heavy (non-hydrogen) atoms. The van der Waals surface area contributed by atoms with Gasteiger partial charge in [0.05, 0.1) is 6.42 Å². The van der Waals surface area contributed by atoms with E-state index in [-0.39, 0.29) is 12.5 Å². The van der Waals surface area contributed by atoms with E-state index >= 15 is 0 Å². The van der Waals surface area contributed by atoms with Crippen LogP contribution in [-0.2, 0) is 17.9 Å². The molecule has 2 aromatic rings. The Kier molecular flexibility index (Phi) is 7.50. The van der Waals surface area contributed by atoms with Crippen LogP contribution in [0.4, 0.5) is 0 Å². The molecule has 0 unspecified atom stereocenters. The number of nitrogens with zero attached hydrogens (tertiary/aromatic N) is 1. The first-order valence-corrected chi connectivity index (χ1v) is 8.72. The second-order valence-electron chi connectivity index (χ2n) is 6.27. The largest absolute Gasteiger partial charge is 0.481 e. The molecule has 0 radical (unpaired) electrons. The van der Waals surface area contributed by atoms with Crippen molar-refractivity contribution in [3.8, 4) is 0 Å². The first kappa shape index (κ1) is 18.2. The highest BCUT2D eigenvalue weighted by atomic mass is 16.4. The number of carboxylic acid groups (broad SMARTS) is 1. The Morgan fingerprint density at radius 3 is 1.88 bits per heavy atom. The number of benzene rings is 2. The summed E-state index contributed by atoms with van der Waals surface area (Å²) in [5.41, 5.74) is 2.45. The molecule has 3 nitrogen and oxygen atoms in total. The van der Waals surface area contributed by atoms with E-state index in [0.29, 0.717) is 0 Å². The Morgan fingerprint density at radius 1 is 0.958 bits per heavy atom. The van der Waals surface area contributed by atoms with Crippen molar-refractivity contribution in [1.82, 2.24) is 4.90 Å². The molecule has 0 aliphatic heterocycles. The standard InChI is InChI=1S/C21H27NO2/c1-2-3-14-20(15-21(23)24)22(16-18-10-6-4-7-11-18)17-19-12-8-5-9-13-19/h4-13,20H,2-3,14-17H2,1H3,(H,23,24)/t20-/m0/s1. The van der Waals surface area contributed by atoms with Crippen molar-refractivity contribution in [2.45, 2.75) is 51.7 Å². The van der Waals surface area contributed by atoms with Crippen molar-refractivity contribution in [3.63, 3.8) is 0 Å². The number of unbranched alkanes of at least 4 members (excludes halogenated alkanes) is 1. The molecule has 0 amide bonds. The summed E-state index contributed by atoms with van der Waals surface area (Å²) >= 11 is 0. The quantitative estimate of drug-likeness (QED) is 0.687. The van der Waals surface area contributed by atoms with Gasteiger partial charge in [0.1, 0.15) is 0 Å². The number of hydrogen-bond donors (Lipinski definition) is 1. The third kappa shape index (κ3) is 6.17. The summed E-state index contributed by atoms with van der Waals surface area (Å²) in [6.07, 6.45) is 3.25. The van der Waals surface area contributed by atoms with Gasteiger partial charge in [-0.15, -0.1) is 0 Å². The fraction of sp³-hybridized carbons (Fsp3) is 0.381. The average molecular weight is 325 g/mol. The topological polar surface area (TPSA) is 40.5 Å². The summed E-state index contributed by atoms with van der Waals surface area (Å²) in [5, 5.41) is 9.34. The molecule has 0 heterocycles. The van der Waals surface area contributed by atoms with Crippen LogP contribution >= 0.6 is 0 Å². The van der Waals surface area contributed by atoms with E-state index in [9.17, 15) is 9.90 Å². The predicted molar refractivity (Wildman–Crippen MR) is 97.7 cm³/mol. The highest BCUT2D eigenvalue weighted by Gasteiger charge is 2.21. The van der Waals surface area contributed by atoms with Crippen LogP contribution in [0.3, 0.4) is 0 Å². The number of carboxylic acids is 1. The van der Waals surface area contributed by atoms with Crippen LogP contribution in [0.25, 0.3) is 0 Å². The van der Waals surface area contributed by atoms with E-state index in [1.165, 1.54) is 11.1 Å². The first-order valence-electron chi connectivity index (χ1n) is 8.72. The number of carbonyl (C=O) groups is 1. The van der Waals surface area contributed by atoms with Crippen molar-refractivity contribution in [2.75, 3.05) is 0 Å². The SMILES string of the molecule is CCCC[C@@H](CC(=O)O)N(Cc1ccccc1)Cc1ccccc1. The van der Waals surface area contributed by atoms with E-state index in [1.54, 1.807) is 0 Å². The van der Waals surface area contributed by atoms with Gasteiger partial charge >= 0.3 is 5.97 Å². The second kappa shape index (κ2) is 9.89. The number of hydrogen-bond acceptors (Lipinski definition) is 2. The monoisotopic (exact) mass is 325 g/mol. The number of rotatable bonds is 10. The first-order chi connectivity index (χ1) is 11.7. The minimum absolute atomic E-state index is 0.0582. The Balaban J connectivity index is 2.19. The molecule has 0 aromatic heterocycles. The van der Waals surface area contributed by atoms with Gasteiger partial charge in [0.25, 0.3) is 0 Å². The lowest BCUT2D eigenvalue weighted by molar-refractivity contribution is -0.138. The summed E-state index contributed by atoms with van der Waals surface area (Å²) in [5.74, 6) is -0.720. The van der Waals surface area contributed by atoms with Crippen molar-refractivity contribution in [3.05, 3.63) is 71.8 Å². The molecule has 0 aliphatic carbocycles. The minimum Gasteiger partial charge on any atom is -0.481 e. The fourth-order valence-electron chi connectivity index (χ4n) is 3.01. The lowest BCUT2D eigenvalue weighted by atomic mass is 10.0. The van der Waals surface area contributed by atoms with E-state index in [4.69, 9.17) is 0 Å². The van der Waals surface area contributed by atoms with Gasteiger partial charge in [0.2, 0.25) is 0 Å². The van der Waals surface area contributed by atoms with Crippen LogP contribution in [0.5, 0.6) is 0 Å². The molecule has 1 N–H and O–H groups in total. The average Bonchev–Trinajstić information content (AvgIpc) is 2.59. The van der Waals surface area contributed by atoms with Crippen molar-refractivity contribution in [1.29, 1.82) is 0 Å². The maximum absolute atomic E-state index is 11.4. The van der Waals surface area contributed by atoms with Gasteiger partial charge in [-0.05, 0) is 17.5 Å². The summed E-state index contributed by atoms with van der Waals surface area (Å²) in [6, 6.07) is 20.7. The third-order valence-electron chi connectivity index (χ3n) is 4.27. The van der Waals surface area contributed by atoms with Gasteiger partial charge in [-0.1, -0.05) is 80.4 Å². The number of aliphatic carboxylic acids is 1. The minimum atomic E-state index is -0.720. The van der Waals surface area contributed by atoms with Gasteiger partial charge in [-0.2, -0.15) is 0 Å². The zero-order chi connectivity index (χ0) is 17.2. The maximum Gasteiger partial charge on any atom is 0.304 e. The lowest BCUT2D eigenvalue weighted by Gasteiger charge is -2.31. The molecule has 0 fully saturated rings. The predicted octanol–water partition coefficient (Wildman–Crippen LogP) is 4.72. The summed E-state index contributed by atoms with van der Waals surface area (Å²) in [4.78, 5) is 13.7. The Labute approximate surface area is 144 Å². The van der Waals surface area contributed by atoms with Gasteiger partial charge in [0.15, 0.2) is 0 Å². The zero-order valence-electron chi connectivity index (χ0n) is 14.4. The smallest absolute Gasteiger partial charge is 0.304 e. The Bertz CT molecular complexity index is 556. The molecule has 2 rings (SSSR count). The highest BCUT2D eigenvalue weighted by molar-refractivity contribution is 5.67. The molecule has 128 valence electrons. The molecule has 0 saturated heterocycles. The van der Waals surface area contributed by atoms with Crippen LogP contribution in [0.2, 0.25) is 0 Å². The summed E-state index contributed by atoms with van der Waals surface area (Å²) in [6.45, 7) is 3.70. The molecule has 3 heteroatoms. The van der Waals surface area contributed by atoms with Crippen molar-refractivity contribution < 1.29 is 9.90 Å². The Morgan fingerprint density at radius 2 is 1.46 bits per heavy atom. The molecule has 1 atom stereocenters. The molecule has 2 aromatic carbocycles. The van der Waals surface area contributed by atoms with Gasteiger partial charge in [-0.3, -0.25) is 9.69 Å². The van der Waals surface area contributed by atoms with E-state index in [0.717, 1.165) is 32.4 Å². The van der Waals surface area contributed by atoms with E-state index in [1.807, 2.05) is 36.4 Å². The molecular formula is C21H27NO2. The lowest BCUT2D eigenvalue weighted by Crippen LogP contribution is -2.36. The van der Waals surface area contributed by atoms with Crippen LogP contribution in [0, 0.1) is 0 Å². The Hall–Kier alpha value is -2.13. The van der Waals surface area contributed by atoms with Gasteiger partial charge in [-0.25, -0.2) is 0 Å². The van der Waals surface area contributed by atoms with Crippen LogP contribution in [0.1, 0.15) is 43.7 Å². The van der Waals surface area contributed by atoms with Gasteiger partial charge in [0, 0.05) is 19.1 Å². The normalized spacial score (nSPS) is 12.2. The molecule has 0 aliphatic rings. The second-order valence-corrected chi connectivity index (χ2v) is 6.27. The van der Waals surface area contributed by atoms with E-state index in [2.05, 4.69) is 36.1 Å². The fourth-order valence-corrected chi connectivity index (χ4v) is 3.01. The molecule has 0 spiro atoms. The summed E-state index contributed by atoms with van der Waals surface area (Å²) in [7, 11) is 0. The summed E-state index contributed by atoms with van der Waals surface area (Å²) < 4.78 is 0. The molecule has 0 bridgehead atoms. The van der Waals surface area contributed by atoms with Crippen LogP contribution in [-0.4, -0.2) is 22.0 Å². The third-order valence-corrected chi connectivity index (χ3v) is 4.27. The highest BCUT2D eigenvalue weighted by Crippen LogP contribution is 2.19. The van der Waals surface area contributed by atoms with E-state index < -0.39 is 5.97 Å². The van der Waals surface area contributed by atoms with Crippen LogP contribution < -0.4 is 0 Å². The molecule has 0 saturated carbocycles.